The summed E-state index contributed by atoms with van der Waals surface area (Å²) in [6.07, 6.45) is 11.5. The van der Waals surface area contributed by atoms with Crippen molar-refractivity contribution in [1.82, 2.24) is 0 Å². The van der Waals surface area contributed by atoms with Crippen LogP contribution in [0.3, 0.4) is 0 Å². The first-order valence-corrected chi connectivity index (χ1v) is 7.89. The second kappa shape index (κ2) is 9.26. The average Bonchev–Trinajstić information content (AvgIpc) is 2.17. The van der Waals surface area contributed by atoms with E-state index >= 15 is 0 Å². The summed E-state index contributed by atoms with van der Waals surface area (Å²) >= 11 is 4.04. The van der Waals surface area contributed by atoms with E-state index in [1.165, 1.54) is 32.1 Å². The van der Waals surface area contributed by atoms with Gasteiger partial charge < -0.3 is 0 Å². The van der Waals surface area contributed by atoms with Gasteiger partial charge in [0, 0.05) is 10.5 Å². The monoisotopic (exact) mass is 220 g/mol. The molecule has 0 aliphatic rings. The van der Waals surface area contributed by atoms with Crippen molar-refractivity contribution in [2.45, 2.75) is 56.5 Å². The molecule has 0 aromatic heterocycles. The summed E-state index contributed by atoms with van der Waals surface area (Å²) in [5.41, 5.74) is 0. The third-order valence-electron chi connectivity index (χ3n) is 2.54. The molecule has 0 saturated carbocycles. The van der Waals surface area contributed by atoms with E-state index in [0.29, 0.717) is 0 Å². The first kappa shape index (κ1) is 13.7. The quantitative estimate of drug-likeness (QED) is 0.555. The normalized spacial score (nSPS) is 15.7. The lowest BCUT2D eigenvalue weighted by atomic mass is 10.1. The molecule has 80 valence electrons. The number of unbranched alkanes of at least 4 members (excludes halogenated alkanes) is 3. The Hall–Kier alpha value is 0.700. The summed E-state index contributed by atoms with van der Waals surface area (Å²) in [5, 5.41) is 1.68. The highest BCUT2D eigenvalue weighted by Crippen LogP contribution is 2.25. The van der Waals surface area contributed by atoms with E-state index in [-0.39, 0.29) is 0 Å². The maximum Gasteiger partial charge on any atom is 0.0160 e. The van der Waals surface area contributed by atoms with Gasteiger partial charge in [0.25, 0.3) is 0 Å². The Morgan fingerprint density at radius 1 is 1.00 bits per heavy atom. The van der Waals surface area contributed by atoms with Gasteiger partial charge in [0.2, 0.25) is 0 Å². The van der Waals surface area contributed by atoms with Gasteiger partial charge in [-0.1, -0.05) is 39.5 Å². The van der Waals surface area contributed by atoms with Crippen molar-refractivity contribution in [2.75, 3.05) is 12.5 Å². The molecule has 0 spiro atoms. The zero-order valence-corrected chi connectivity index (χ0v) is 11.1. The van der Waals surface area contributed by atoms with Crippen LogP contribution in [0.15, 0.2) is 0 Å². The molecule has 0 aromatic rings. The third kappa shape index (κ3) is 6.73. The minimum Gasteiger partial charge on any atom is -0.161 e. The van der Waals surface area contributed by atoms with E-state index in [9.17, 15) is 0 Å². The first-order valence-electron chi connectivity index (χ1n) is 5.31. The summed E-state index contributed by atoms with van der Waals surface area (Å²) in [6, 6.07) is 0. The van der Waals surface area contributed by atoms with Gasteiger partial charge in [-0.2, -0.15) is 23.5 Å². The standard InChI is InChI=1S/C11H24S2/c1-5-6-7-8-9-11(13-4)10(2)12-3/h10-11H,5-9H2,1-4H3/t10-,11+/m0/s1. The maximum atomic E-state index is 2.35. The van der Waals surface area contributed by atoms with E-state index in [1.807, 2.05) is 23.5 Å². The molecule has 0 radical (unpaired) electrons. The minimum absolute atomic E-state index is 0.816. The maximum absolute atomic E-state index is 2.35. The van der Waals surface area contributed by atoms with Crippen LogP contribution in [0.5, 0.6) is 0 Å². The lowest BCUT2D eigenvalue weighted by molar-refractivity contribution is 0.615. The highest BCUT2D eigenvalue weighted by molar-refractivity contribution is 8.03. The molecule has 0 bridgehead atoms. The molecule has 2 atom stereocenters. The van der Waals surface area contributed by atoms with Crippen LogP contribution in [0, 0.1) is 0 Å². The summed E-state index contributed by atoms with van der Waals surface area (Å²) in [6.45, 7) is 4.63. The van der Waals surface area contributed by atoms with Gasteiger partial charge in [0.05, 0.1) is 0 Å². The topological polar surface area (TPSA) is 0 Å². The van der Waals surface area contributed by atoms with Gasteiger partial charge in [-0.05, 0) is 18.9 Å². The predicted molar refractivity (Wildman–Crippen MR) is 69.0 cm³/mol. The molecule has 0 aliphatic carbocycles. The lowest BCUT2D eigenvalue weighted by Crippen LogP contribution is -2.15. The van der Waals surface area contributed by atoms with Gasteiger partial charge in [0.15, 0.2) is 0 Å². The number of hydrogen-bond acceptors (Lipinski definition) is 2. The van der Waals surface area contributed by atoms with Crippen LogP contribution >= 0.6 is 23.5 Å². The zero-order chi connectivity index (χ0) is 10.1. The fraction of sp³-hybridized carbons (Fsp3) is 1.00. The molecule has 13 heavy (non-hydrogen) atoms. The van der Waals surface area contributed by atoms with Crippen LogP contribution in [-0.2, 0) is 0 Å². The van der Waals surface area contributed by atoms with Crippen LogP contribution in [0.4, 0.5) is 0 Å². The van der Waals surface area contributed by atoms with E-state index in [0.717, 1.165) is 10.5 Å². The molecular weight excluding hydrogens is 196 g/mol. The Morgan fingerprint density at radius 3 is 2.15 bits per heavy atom. The molecule has 0 fully saturated rings. The van der Waals surface area contributed by atoms with Crippen molar-refractivity contribution in [3.8, 4) is 0 Å². The van der Waals surface area contributed by atoms with Crippen molar-refractivity contribution in [3.05, 3.63) is 0 Å². The summed E-state index contributed by atoms with van der Waals surface area (Å²) in [4.78, 5) is 0. The van der Waals surface area contributed by atoms with Gasteiger partial charge in [-0.15, -0.1) is 0 Å². The molecule has 0 heterocycles. The van der Waals surface area contributed by atoms with E-state index in [4.69, 9.17) is 0 Å². The Kier molecular flexibility index (Phi) is 9.76. The predicted octanol–water partition coefficient (Wildman–Crippen LogP) is 4.44. The fourth-order valence-corrected chi connectivity index (χ4v) is 3.36. The van der Waals surface area contributed by atoms with Crippen LogP contribution in [0.1, 0.15) is 46.0 Å². The Morgan fingerprint density at radius 2 is 1.69 bits per heavy atom. The van der Waals surface area contributed by atoms with Gasteiger partial charge in [0.1, 0.15) is 0 Å². The summed E-state index contributed by atoms with van der Waals surface area (Å²) in [5.74, 6) is 0. The van der Waals surface area contributed by atoms with Crippen molar-refractivity contribution in [2.24, 2.45) is 0 Å². The third-order valence-corrected chi connectivity index (χ3v) is 5.03. The molecule has 0 amide bonds. The number of rotatable bonds is 8. The van der Waals surface area contributed by atoms with Gasteiger partial charge >= 0.3 is 0 Å². The van der Waals surface area contributed by atoms with Crippen LogP contribution in [-0.4, -0.2) is 23.0 Å². The zero-order valence-electron chi connectivity index (χ0n) is 9.51. The molecule has 0 nitrogen and oxygen atoms in total. The number of hydrogen-bond donors (Lipinski definition) is 0. The van der Waals surface area contributed by atoms with Crippen molar-refractivity contribution in [1.29, 1.82) is 0 Å². The van der Waals surface area contributed by atoms with Crippen molar-refractivity contribution in [3.63, 3.8) is 0 Å². The fourth-order valence-electron chi connectivity index (χ4n) is 1.47. The molecule has 0 aromatic carbocycles. The molecule has 0 saturated heterocycles. The smallest absolute Gasteiger partial charge is 0.0160 e. The second-order valence-corrected chi connectivity index (χ2v) is 5.86. The molecule has 0 aliphatic heterocycles. The highest BCUT2D eigenvalue weighted by Gasteiger charge is 2.13. The van der Waals surface area contributed by atoms with Crippen molar-refractivity contribution >= 4 is 23.5 Å². The molecule has 2 heteroatoms. The molecule has 0 rings (SSSR count). The van der Waals surface area contributed by atoms with E-state index in [2.05, 4.69) is 26.4 Å². The lowest BCUT2D eigenvalue weighted by Gasteiger charge is -2.20. The summed E-state index contributed by atoms with van der Waals surface area (Å²) < 4.78 is 0. The Balaban J connectivity index is 3.47. The van der Waals surface area contributed by atoms with Gasteiger partial charge in [-0.3, -0.25) is 0 Å². The molecule has 0 unspecified atom stereocenters. The molecule has 0 N–H and O–H groups in total. The number of thioether (sulfide) groups is 2. The van der Waals surface area contributed by atoms with Crippen molar-refractivity contribution < 1.29 is 0 Å². The van der Waals surface area contributed by atoms with E-state index < -0.39 is 0 Å². The van der Waals surface area contributed by atoms with Crippen LogP contribution in [0.25, 0.3) is 0 Å². The highest BCUT2D eigenvalue weighted by atomic mass is 32.2. The first-order chi connectivity index (χ1) is 6.26. The largest absolute Gasteiger partial charge is 0.161 e. The van der Waals surface area contributed by atoms with Gasteiger partial charge in [-0.25, -0.2) is 0 Å². The van der Waals surface area contributed by atoms with E-state index in [1.54, 1.807) is 0 Å². The second-order valence-electron chi connectivity index (χ2n) is 3.56. The SMILES string of the molecule is CCCCCC[C@@H](SC)[C@H](C)SC. The molecular formula is C11H24S2. The Bertz CT molecular complexity index is 104. The minimum atomic E-state index is 0.816. The summed E-state index contributed by atoms with van der Waals surface area (Å²) in [7, 11) is 0. The average molecular weight is 220 g/mol. The van der Waals surface area contributed by atoms with Crippen LogP contribution in [0.2, 0.25) is 0 Å². The Labute approximate surface area is 92.6 Å². The van der Waals surface area contributed by atoms with Crippen LogP contribution < -0.4 is 0 Å².